The fourth-order valence-corrected chi connectivity index (χ4v) is 4.81. The molecule has 4 aromatic rings. The minimum atomic E-state index is -0.0367. The number of nitrogens with zero attached hydrogens (tertiary/aromatic N) is 6. The molecule has 1 aliphatic heterocycles. The Labute approximate surface area is 212 Å². The number of pyridine rings is 1. The van der Waals surface area contributed by atoms with Gasteiger partial charge in [-0.05, 0) is 75.0 Å². The molecule has 1 aliphatic rings. The maximum absolute atomic E-state index is 12.0. The van der Waals surface area contributed by atoms with Gasteiger partial charge in [-0.25, -0.2) is 9.50 Å². The largest absolute Gasteiger partial charge is 0.355 e. The number of nitrogens with one attached hydrogen (secondary N) is 1. The molecule has 1 aromatic carbocycles. The first-order valence-corrected chi connectivity index (χ1v) is 13.1. The Morgan fingerprint density at radius 1 is 1.06 bits per heavy atom. The van der Waals surface area contributed by atoms with Gasteiger partial charge >= 0.3 is 0 Å². The minimum Gasteiger partial charge on any atom is -0.355 e. The van der Waals surface area contributed by atoms with E-state index in [0.717, 1.165) is 35.6 Å². The lowest BCUT2D eigenvalue weighted by Crippen LogP contribution is -2.28. The zero-order chi connectivity index (χ0) is 24.7. The number of carbonyl (C=O) groups is 1. The molecule has 5 rings (SSSR count). The van der Waals surface area contributed by atoms with E-state index in [-0.39, 0.29) is 12.5 Å². The van der Waals surface area contributed by atoms with Crippen LogP contribution in [0, 0.1) is 0 Å². The normalized spacial score (nSPS) is 14.0. The average Bonchev–Trinajstić information content (AvgIpc) is 3.65. The first-order valence-electron chi connectivity index (χ1n) is 13.1. The topological polar surface area (TPSA) is 80.4 Å². The van der Waals surface area contributed by atoms with Gasteiger partial charge in [-0.15, -0.1) is 0 Å². The number of hydrogen-bond acceptors (Lipinski definition) is 5. The molecule has 8 nitrogen and oxygen atoms in total. The van der Waals surface area contributed by atoms with Crippen molar-refractivity contribution in [1.29, 1.82) is 0 Å². The van der Waals surface area contributed by atoms with E-state index in [4.69, 9.17) is 10.1 Å². The lowest BCUT2D eigenvalue weighted by atomic mass is 10.1. The second-order valence-corrected chi connectivity index (χ2v) is 9.63. The number of hydrogen-bond donors (Lipinski definition) is 1. The van der Waals surface area contributed by atoms with E-state index < -0.39 is 0 Å². The minimum absolute atomic E-state index is 0.0367. The first-order chi connectivity index (χ1) is 17.7. The Bertz CT molecular complexity index is 1280. The highest BCUT2D eigenvalue weighted by Gasteiger charge is 2.13. The van der Waals surface area contributed by atoms with Crippen LogP contribution in [0.1, 0.15) is 49.6 Å². The number of carbonyl (C=O) groups excluding carboxylic acids is 1. The average molecular weight is 486 g/mol. The lowest BCUT2D eigenvalue weighted by Gasteiger charge is -2.13. The van der Waals surface area contributed by atoms with Crippen molar-refractivity contribution in [1.82, 2.24) is 34.6 Å². The highest BCUT2D eigenvalue weighted by atomic mass is 16.2. The molecule has 1 saturated heterocycles. The van der Waals surface area contributed by atoms with Gasteiger partial charge in [-0.3, -0.25) is 9.48 Å². The van der Waals surface area contributed by atoms with E-state index in [0.29, 0.717) is 13.0 Å². The summed E-state index contributed by atoms with van der Waals surface area (Å²) in [5, 5.41) is 12.0. The SMILES string of the molecule is CCCNC(=O)Cn1cc(-c2cccc3nc(Cc4ccc(CCCN5CCCC5)cc4)nn23)cn1. The molecule has 0 radical (unpaired) electrons. The van der Waals surface area contributed by atoms with Crippen molar-refractivity contribution < 1.29 is 4.79 Å². The van der Waals surface area contributed by atoms with Crippen LogP contribution in [-0.2, 0) is 24.2 Å². The standard InChI is InChI=1S/C28H35N7O/c1-2-14-29-28(36)21-34-20-24(19-30-34)25-8-5-9-27-31-26(32-35(25)27)18-23-12-10-22(11-13-23)7-6-17-33-15-3-4-16-33/h5,8-13,19-20H,2-4,6-7,14-18,21H2,1H3,(H,29,36). The molecule has 1 amide bonds. The fourth-order valence-electron chi connectivity index (χ4n) is 4.81. The first kappa shape index (κ1) is 24.2. The summed E-state index contributed by atoms with van der Waals surface area (Å²) in [5.41, 5.74) is 5.21. The third kappa shape index (κ3) is 5.99. The van der Waals surface area contributed by atoms with E-state index in [9.17, 15) is 4.79 Å². The fraction of sp³-hybridized carbons (Fsp3) is 0.429. The van der Waals surface area contributed by atoms with Crippen molar-refractivity contribution in [2.75, 3.05) is 26.2 Å². The van der Waals surface area contributed by atoms with Crippen LogP contribution in [0.25, 0.3) is 16.9 Å². The molecule has 0 spiro atoms. The number of amides is 1. The molecular weight excluding hydrogens is 450 g/mol. The maximum atomic E-state index is 12.0. The Morgan fingerprint density at radius 2 is 1.86 bits per heavy atom. The van der Waals surface area contributed by atoms with Gasteiger partial charge < -0.3 is 10.2 Å². The molecule has 1 N–H and O–H groups in total. The number of fused-ring (bicyclic) bond motifs is 1. The van der Waals surface area contributed by atoms with E-state index in [1.165, 1.54) is 50.0 Å². The summed E-state index contributed by atoms with van der Waals surface area (Å²) in [4.78, 5) is 19.4. The summed E-state index contributed by atoms with van der Waals surface area (Å²) >= 11 is 0. The van der Waals surface area contributed by atoms with Crippen LogP contribution >= 0.6 is 0 Å². The molecule has 0 unspecified atom stereocenters. The number of benzene rings is 1. The highest BCUT2D eigenvalue weighted by molar-refractivity contribution is 5.75. The number of rotatable bonds is 11. The summed E-state index contributed by atoms with van der Waals surface area (Å²) < 4.78 is 3.52. The lowest BCUT2D eigenvalue weighted by molar-refractivity contribution is -0.121. The van der Waals surface area contributed by atoms with Crippen LogP contribution in [0.4, 0.5) is 0 Å². The maximum Gasteiger partial charge on any atom is 0.241 e. The Morgan fingerprint density at radius 3 is 2.67 bits per heavy atom. The van der Waals surface area contributed by atoms with Gasteiger partial charge in [0.25, 0.3) is 0 Å². The van der Waals surface area contributed by atoms with Gasteiger partial charge in [0.05, 0.1) is 11.9 Å². The van der Waals surface area contributed by atoms with Crippen LogP contribution < -0.4 is 5.32 Å². The zero-order valence-electron chi connectivity index (χ0n) is 21.1. The molecule has 3 aromatic heterocycles. The van der Waals surface area contributed by atoms with E-state index in [2.05, 4.69) is 39.6 Å². The smallest absolute Gasteiger partial charge is 0.241 e. The Kier molecular flexibility index (Phi) is 7.71. The van der Waals surface area contributed by atoms with Crippen molar-refractivity contribution >= 4 is 11.6 Å². The number of likely N-dealkylation sites (tertiary alicyclic amines) is 1. The molecule has 8 heteroatoms. The molecular formula is C28H35N7O. The molecule has 1 fully saturated rings. The predicted octanol–water partition coefficient (Wildman–Crippen LogP) is 3.74. The highest BCUT2D eigenvalue weighted by Crippen LogP contribution is 2.20. The van der Waals surface area contributed by atoms with Gasteiger partial charge in [0, 0.05) is 24.7 Å². The Hall–Kier alpha value is -3.52. The Balaban J connectivity index is 1.23. The summed E-state index contributed by atoms with van der Waals surface area (Å²) in [7, 11) is 0. The monoisotopic (exact) mass is 485 g/mol. The van der Waals surface area contributed by atoms with E-state index in [1.54, 1.807) is 10.9 Å². The molecule has 0 saturated carbocycles. The predicted molar refractivity (Wildman–Crippen MR) is 141 cm³/mol. The number of aryl methyl sites for hydroxylation is 1. The van der Waals surface area contributed by atoms with Crippen LogP contribution in [-0.4, -0.2) is 61.4 Å². The number of aromatic nitrogens is 5. The molecule has 0 bridgehead atoms. The summed E-state index contributed by atoms with van der Waals surface area (Å²) in [6.07, 6.45) is 10.3. The van der Waals surface area contributed by atoms with E-state index in [1.807, 2.05) is 35.8 Å². The molecule has 36 heavy (non-hydrogen) atoms. The van der Waals surface area contributed by atoms with Gasteiger partial charge in [-0.2, -0.15) is 10.2 Å². The third-order valence-corrected chi connectivity index (χ3v) is 6.73. The summed E-state index contributed by atoms with van der Waals surface area (Å²) in [5.74, 6) is 0.751. The molecule has 0 atom stereocenters. The van der Waals surface area contributed by atoms with Gasteiger partial charge in [0.2, 0.25) is 5.91 Å². The summed E-state index contributed by atoms with van der Waals surface area (Å²) in [6.45, 7) is 6.66. The van der Waals surface area contributed by atoms with E-state index >= 15 is 0 Å². The molecule has 188 valence electrons. The molecule has 0 aliphatic carbocycles. The van der Waals surface area contributed by atoms with Gasteiger partial charge in [0.1, 0.15) is 6.54 Å². The second kappa shape index (κ2) is 11.5. The van der Waals surface area contributed by atoms with Crippen LogP contribution in [0.5, 0.6) is 0 Å². The second-order valence-electron chi connectivity index (χ2n) is 9.63. The zero-order valence-corrected chi connectivity index (χ0v) is 21.1. The summed E-state index contributed by atoms with van der Waals surface area (Å²) in [6, 6.07) is 14.8. The molecule has 4 heterocycles. The van der Waals surface area contributed by atoms with Gasteiger partial charge in [0.15, 0.2) is 11.5 Å². The third-order valence-electron chi connectivity index (χ3n) is 6.73. The van der Waals surface area contributed by atoms with Crippen LogP contribution in [0.3, 0.4) is 0 Å². The van der Waals surface area contributed by atoms with Crippen molar-refractivity contribution in [3.8, 4) is 11.3 Å². The van der Waals surface area contributed by atoms with Crippen molar-refractivity contribution in [3.63, 3.8) is 0 Å². The van der Waals surface area contributed by atoms with Gasteiger partial charge in [-0.1, -0.05) is 37.3 Å². The van der Waals surface area contributed by atoms with Crippen molar-refractivity contribution in [2.24, 2.45) is 0 Å². The van der Waals surface area contributed by atoms with Crippen molar-refractivity contribution in [2.45, 2.75) is 52.0 Å². The van der Waals surface area contributed by atoms with Crippen LogP contribution in [0.15, 0.2) is 54.9 Å². The van der Waals surface area contributed by atoms with Crippen molar-refractivity contribution in [3.05, 3.63) is 71.8 Å². The quantitative estimate of drug-likeness (QED) is 0.350. The van der Waals surface area contributed by atoms with Crippen LogP contribution in [0.2, 0.25) is 0 Å².